The van der Waals surface area contributed by atoms with Crippen LogP contribution in [0.2, 0.25) is 0 Å². The van der Waals surface area contributed by atoms with E-state index in [-0.39, 0.29) is 0 Å². The molecule has 0 spiro atoms. The first-order valence-electron chi connectivity index (χ1n) is 6.25. The van der Waals surface area contributed by atoms with E-state index in [9.17, 15) is 0 Å². The number of likely N-dealkylation sites (N-methyl/N-ethyl adjacent to an activating group) is 1. The predicted octanol–water partition coefficient (Wildman–Crippen LogP) is 1.43. The lowest BCUT2D eigenvalue weighted by Gasteiger charge is -2.26. The molecule has 0 bridgehead atoms. The molecule has 16 heavy (non-hydrogen) atoms. The van der Waals surface area contributed by atoms with Gasteiger partial charge in [-0.1, -0.05) is 0 Å². The summed E-state index contributed by atoms with van der Waals surface area (Å²) < 4.78 is 5.64. The lowest BCUT2D eigenvalue weighted by molar-refractivity contribution is 0.0918. The van der Waals surface area contributed by atoms with Crippen LogP contribution in [0.4, 0.5) is 0 Å². The summed E-state index contributed by atoms with van der Waals surface area (Å²) in [6.45, 7) is 3.57. The zero-order valence-corrected chi connectivity index (χ0v) is 11.5. The molecule has 1 atom stereocenters. The molecule has 0 aliphatic heterocycles. The average Bonchev–Trinajstić information content (AvgIpc) is 3.09. The van der Waals surface area contributed by atoms with Crippen LogP contribution < -0.4 is 5.73 Å². The summed E-state index contributed by atoms with van der Waals surface area (Å²) in [5.74, 6) is 2.06. The molecule has 96 valence electrons. The quantitative estimate of drug-likeness (QED) is 0.592. The van der Waals surface area contributed by atoms with Crippen LogP contribution in [-0.4, -0.2) is 56.3 Å². The number of thioether (sulfide) groups is 1. The highest BCUT2D eigenvalue weighted by molar-refractivity contribution is 7.98. The highest BCUT2D eigenvalue weighted by Gasteiger charge is 2.21. The van der Waals surface area contributed by atoms with Gasteiger partial charge in [-0.25, -0.2) is 0 Å². The smallest absolute Gasteiger partial charge is 0.0593 e. The van der Waals surface area contributed by atoms with E-state index in [4.69, 9.17) is 10.5 Å². The van der Waals surface area contributed by atoms with Gasteiger partial charge in [0.05, 0.1) is 6.61 Å². The van der Waals surface area contributed by atoms with Crippen molar-refractivity contribution in [2.45, 2.75) is 25.3 Å². The second-order valence-electron chi connectivity index (χ2n) is 4.67. The third-order valence-corrected chi connectivity index (χ3v) is 3.83. The van der Waals surface area contributed by atoms with Crippen LogP contribution in [0, 0.1) is 5.92 Å². The molecule has 0 amide bonds. The molecule has 1 aliphatic carbocycles. The Morgan fingerprint density at radius 3 is 2.81 bits per heavy atom. The van der Waals surface area contributed by atoms with Crippen molar-refractivity contribution in [1.82, 2.24) is 4.90 Å². The molecular weight excluding hydrogens is 220 g/mol. The van der Waals surface area contributed by atoms with Gasteiger partial charge in [0, 0.05) is 25.7 Å². The Kier molecular flexibility index (Phi) is 7.45. The van der Waals surface area contributed by atoms with Gasteiger partial charge < -0.3 is 10.5 Å². The maximum absolute atomic E-state index is 5.79. The summed E-state index contributed by atoms with van der Waals surface area (Å²) in [5, 5.41) is 0. The standard InChI is InChI=1S/C12H26N2OS/c1-14(12(9-13)5-8-16-2)6-7-15-10-11-3-4-11/h11-12H,3-10,13H2,1-2H3. The molecule has 1 unspecified atom stereocenters. The minimum absolute atomic E-state index is 0.511. The summed E-state index contributed by atoms with van der Waals surface area (Å²) in [6, 6.07) is 0.511. The molecule has 1 saturated carbocycles. The summed E-state index contributed by atoms with van der Waals surface area (Å²) in [6.07, 6.45) is 6.06. The van der Waals surface area contributed by atoms with Crippen molar-refractivity contribution in [2.24, 2.45) is 11.7 Å². The minimum atomic E-state index is 0.511. The van der Waals surface area contributed by atoms with E-state index in [0.717, 1.165) is 32.2 Å². The van der Waals surface area contributed by atoms with Gasteiger partial charge in [-0.2, -0.15) is 11.8 Å². The number of nitrogens with zero attached hydrogens (tertiary/aromatic N) is 1. The lowest BCUT2D eigenvalue weighted by Crippen LogP contribution is -2.40. The van der Waals surface area contributed by atoms with Gasteiger partial charge in [0.1, 0.15) is 0 Å². The number of ether oxygens (including phenoxy) is 1. The molecule has 1 rings (SSSR count). The van der Waals surface area contributed by atoms with Gasteiger partial charge in [-0.05, 0) is 44.2 Å². The molecule has 0 aromatic heterocycles. The number of rotatable bonds is 10. The zero-order valence-electron chi connectivity index (χ0n) is 10.7. The molecule has 2 N–H and O–H groups in total. The van der Waals surface area contributed by atoms with Crippen molar-refractivity contribution in [3.63, 3.8) is 0 Å². The number of hydrogen-bond donors (Lipinski definition) is 1. The maximum Gasteiger partial charge on any atom is 0.0593 e. The highest BCUT2D eigenvalue weighted by Crippen LogP contribution is 2.28. The van der Waals surface area contributed by atoms with E-state index < -0.39 is 0 Å². The fourth-order valence-electron chi connectivity index (χ4n) is 1.70. The van der Waals surface area contributed by atoms with Crippen LogP contribution in [-0.2, 0) is 4.74 Å². The monoisotopic (exact) mass is 246 g/mol. The van der Waals surface area contributed by atoms with E-state index >= 15 is 0 Å². The fraction of sp³-hybridized carbons (Fsp3) is 1.00. The van der Waals surface area contributed by atoms with Crippen LogP contribution in [0.3, 0.4) is 0 Å². The summed E-state index contributed by atoms with van der Waals surface area (Å²) in [5.41, 5.74) is 5.79. The molecule has 1 fully saturated rings. The third-order valence-electron chi connectivity index (χ3n) is 3.19. The van der Waals surface area contributed by atoms with Gasteiger partial charge in [-0.15, -0.1) is 0 Å². The summed E-state index contributed by atoms with van der Waals surface area (Å²) >= 11 is 1.89. The van der Waals surface area contributed by atoms with Crippen molar-refractivity contribution in [2.75, 3.05) is 45.4 Å². The SMILES string of the molecule is CSCCC(CN)N(C)CCOCC1CC1. The molecule has 0 saturated heterocycles. The third kappa shape index (κ3) is 6.09. The van der Waals surface area contributed by atoms with E-state index in [1.165, 1.54) is 25.0 Å². The van der Waals surface area contributed by atoms with Gasteiger partial charge in [-0.3, -0.25) is 4.90 Å². The van der Waals surface area contributed by atoms with E-state index in [1.54, 1.807) is 0 Å². The summed E-state index contributed by atoms with van der Waals surface area (Å²) in [4.78, 5) is 2.34. The van der Waals surface area contributed by atoms with E-state index in [2.05, 4.69) is 18.2 Å². The highest BCUT2D eigenvalue weighted by atomic mass is 32.2. The van der Waals surface area contributed by atoms with Crippen molar-refractivity contribution in [3.05, 3.63) is 0 Å². The molecule has 0 aromatic carbocycles. The van der Waals surface area contributed by atoms with Crippen molar-refractivity contribution < 1.29 is 4.74 Å². The Morgan fingerprint density at radius 2 is 2.25 bits per heavy atom. The van der Waals surface area contributed by atoms with Crippen LogP contribution >= 0.6 is 11.8 Å². The van der Waals surface area contributed by atoms with Gasteiger partial charge >= 0.3 is 0 Å². The fourth-order valence-corrected chi connectivity index (χ4v) is 2.21. The van der Waals surface area contributed by atoms with Gasteiger partial charge in [0.15, 0.2) is 0 Å². The second-order valence-corrected chi connectivity index (χ2v) is 5.66. The Balaban J connectivity index is 2.02. The van der Waals surface area contributed by atoms with Crippen molar-refractivity contribution in [1.29, 1.82) is 0 Å². The molecule has 3 nitrogen and oxygen atoms in total. The second kappa shape index (κ2) is 8.34. The van der Waals surface area contributed by atoms with Crippen molar-refractivity contribution in [3.8, 4) is 0 Å². The minimum Gasteiger partial charge on any atom is -0.380 e. The lowest BCUT2D eigenvalue weighted by atomic mass is 10.2. The number of nitrogens with two attached hydrogens (primary N) is 1. The number of hydrogen-bond acceptors (Lipinski definition) is 4. The molecule has 4 heteroatoms. The molecule has 0 radical (unpaired) electrons. The molecular formula is C12H26N2OS. The topological polar surface area (TPSA) is 38.5 Å². The van der Waals surface area contributed by atoms with Crippen molar-refractivity contribution >= 4 is 11.8 Å². The maximum atomic E-state index is 5.79. The van der Waals surface area contributed by atoms with E-state index in [0.29, 0.717) is 6.04 Å². The Labute approximate surface area is 104 Å². The Hall–Kier alpha value is 0.230. The van der Waals surface area contributed by atoms with E-state index in [1.807, 2.05) is 11.8 Å². The van der Waals surface area contributed by atoms with Crippen LogP contribution in [0.25, 0.3) is 0 Å². The Bertz CT molecular complexity index is 176. The molecule has 0 aromatic rings. The first-order chi connectivity index (χ1) is 7.77. The predicted molar refractivity (Wildman–Crippen MR) is 72.0 cm³/mol. The summed E-state index contributed by atoms with van der Waals surface area (Å²) in [7, 11) is 2.15. The van der Waals surface area contributed by atoms with Crippen LogP contribution in [0.5, 0.6) is 0 Å². The Morgan fingerprint density at radius 1 is 1.50 bits per heavy atom. The first-order valence-corrected chi connectivity index (χ1v) is 7.64. The average molecular weight is 246 g/mol. The van der Waals surface area contributed by atoms with Gasteiger partial charge in [0.2, 0.25) is 0 Å². The largest absolute Gasteiger partial charge is 0.380 e. The first kappa shape index (κ1) is 14.3. The molecule has 0 heterocycles. The normalized spacial score (nSPS) is 18.0. The molecule has 1 aliphatic rings. The van der Waals surface area contributed by atoms with Crippen LogP contribution in [0.1, 0.15) is 19.3 Å². The van der Waals surface area contributed by atoms with Crippen LogP contribution in [0.15, 0.2) is 0 Å². The zero-order chi connectivity index (χ0) is 11.8. The van der Waals surface area contributed by atoms with Gasteiger partial charge in [0.25, 0.3) is 0 Å².